The number of benzene rings is 2. The van der Waals surface area contributed by atoms with E-state index in [9.17, 15) is 0 Å². The van der Waals surface area contributed by atoms with Gasteiger partial charge >= 0.3 is 0 Å². The molecule has 0 spiro atoms. The highest BCUT2D eigenvalue weighted by atomic mass is 32.1. The second kappa shape index (κ2) is 7.56. The number of aromatic nitrogens is 3. The molecule has 0 aliphatic rings. The van der Waals surface area contributed by atoms with Crippen molar-refractivity contribution in [3.63, 3.8) is 0 Å². The third kappa shape index (κ3) is 3.69. The predicted molar refractivity (Wildman–Crippen MR) is 95.7 cm³/mol. The maximum Gasteiger partial charge on any atom is 0.214 e. The molecule has 7 heteroatoms. The van der Waals surface area contributed by atoms with Gasteiger partial charge in [0.1, 0.15) is 12.3 Å². The minimum Gasteiger partial charge on any atom is -0.395 e. The lowest BCUT2D eigenvalue weighted by Gasteiger charge is -2.07. The number of nitrogens with two attached hydrogens (primary N) is 1. The highest BCUT2D eigenvalue weighted by Gasteiger charge is 2.08. The topological polar surface area (TPSA) is 81.2 Å². The van der Waals surface area contributed by atoms with E-state index in [0.717, 1.165) is 16.8 Å². The molecule has 3 rings (SSSR count). The Labute approximate surface area is 144 Å². The quantitative estimate of drug-likeness (QED) is 0.238. The summed E-state index contributed by atoms with van der Waals surface area (Å²) in [7, 11) is 0. The third-order valence-corrected chi connectivity index (χ3v) is 3.73. The predicted octanol–water partition coefficient (Wildman–Crippen LogP) is 2.67. The van der Waals surface area contributed by atoms with Gasteiger partial charge in [0.2, 0.25) is 4.77 Å². The summed E-state index contributed by atoms with van der Waals surface area (Å²) in [5, 5.41) is 11.0. The zero-order valence-corrected chi connectivity index (χ0v) is 13.7. The fourth-order valence-corrected chi connectivity index (χ4v) is 2.38. The molecule has 0 saturated carbocycles. The Kier molecular flexibility index (Phi) is 5.02. The molecule has 0 radical (unpaired) electrons. The molecule has 0 fully saturated rings. The lowest BCUT2D eigenvalue weighted by molar-refractivity contribution is 0.146. The van der Waals surface area contributed by atoms with Crippen molar-refractivity contribution in [1.29, 1.82) is 0 Å². The minimum atomic E-state index is 0.347. The van der Waals surface area contributed by atoms with E-state index in [0.29, 0.717) is 23.6 Å². The second-order valence-electron chi connectivity index (χ2n) is 5.07. The third-order valence-electron chi connectivity index (χ3n) is 3.44. The molecule has 3 N–H and O–H groups in total. The van der Waals surface area contributed by atoms with Crippen molar-refractivity contribution in [2.24, 2.45) is 5.16 Å². The average molecular weight is 339 g/mol. The van der Waals surface area contributed by atoms with Gasteiger partial charge in [-0.15, -0.1) is 0 Å². The Morgan fingerprint density at radius 3 is 2.17 bits per heavy atom. The highest BCUT2D eigenvalue weighted by molar-refractivity contribution is 7.71. The van der Waals surface area contributed by atoms with E-state index in [1.54, 1.807) is 0 Å². The first kappa shape index (κ1) is 15.9. The normalized spacial score (nSPS) is 10.3. The largest absolute Gasteiger partial charge is 0.395 e. The molecular formula is C17H17N5OS. The Balaban J connectivity index is 1.75. The van der Waals surface area contributed by atoms with Crippen molar-refractivity contribution in [2.75, 3.05) is 12.4 Å². The molecule has 0 unspecified atom stereocenters. The van der Waals surface area contributed by atoms with Crippen LogP contribution in [0.3, 0.4) is 0 Å². The van der Waals surface area contributed by atoms with Gasteiger partial charge in [0.15, 0.2) is 5.82 Å². The summed E-state index contributed by atoms with van der Waals surface area (Å²) in [5.74, 6) is 6.38. The lowest BCUT2D eigenvalue weighted by Crippen LogP contribution is -2.14. The molecule has 24 heavy (non-hydrogen) atoms. The van der Waals surface area contributed by atoms with Crippen molar-refractivity contribution in [3.05, 3.63) is 82.4 Å². The summed E-state index contributed by atoms with van der Waals surface area (Å²) in [6.07, 6.45) is 0.504. The van der Waals surface area contributed by atoms with Crippen LogP contribution in [0.5, 0.6) is 0 Å². The number of rotatable bonds is 6. The standard InChI is InChI=1S/C17H17N5OS/c18-22-15(19-20-17(22)24)11-12-23-21-16(13-7-3-1-4-8-13)14-9-5-2-6-10-14/h1-10H,11-12,18H2,(H,20,24). The number of H-pyrrole nitrogens is 1. The van der Waals surface area contributed by atoms with E-state index in [-0.39, 0.29) is 0 Å². The summed E-state index contributed by atoms with van der Waals surface area (Å²) in [6, 6.07) is 19.8. The zero-order valence-electron chi connectivity index (χ0n) is 12.9. The maximum atomic E-state index is 5.75. The smallest absolute Gasteiger partial charge is 0.214 e. The van der Waals surface area contributed by atoms with Crippen LogP contribution in [0.4, 0.5) is 0 Å². The average Bonchev–Trinajstić information content (AvgIpc) is 2.95. The van der Waals surface area contributed by atoms with Crippen molar-refractivity contribution in [1.82, 2.24) is 14.9 Å². The van der Waals surface area contributed by atoms with Crippen LogP contribution in [-0.2, 0) is 11.3 Å². The van der Waals surface area contributed by atoms with Crippen LogP contribution in [-0.4, -0.2) is 27.2 Å². The first-order chi connectivity index (χ1) is 11.8. The molecule has 1 aromatic heterocycles. The van der Waals surface area contributed by atoms with Gasteiger partial charge in [-0.1, -0.05) is 65.8 Å². The fraction of sp³-hybridized carbons (Fsp3) is 0.118. The van der Waals surface area contributed by atoms with Crippen LogP contribution in [0.1, 0.15) is 17.0 Å². The minimum absolute atomic E-state index is 0.347. The van der Waals surface area contributed by atoms with Crippen LogP contribution in [0, 0.1) is 4.77 Å². The van der Waals surface area contributed by atoms with E-state index >= 15 is 0 Å². The van der Waals surface area contributed by atoms with E-state index in [1.165, 1.54) is 4.68 Å². The molecule has 6 nitrogen and oxygen atoms in total. The Hall–Kier alpha value is -2.93. The Morgan fingerprint density at radius 2 is 1.67 bits per heavy atom. The molecule has 2 aromatic carbocycles. The molecule has 0 bridgehead atoms. The van der Waals surface area contributed by atoms with Crippen LogP contribution in [0.15, 0.2) is 65.8 Å². The van der Waals surface area contributed by atoms with Gasteiger partial charge < -0.3 is 10.7 Å². The van der Waals surface area contributed by atoms with Gasteiger partial charge in [0, 0.05) is 17.5 Å². The van der Waals surface area contributed by atoms with Gasteiger partial charge in [-0.05, 0) is 12.2 Å². The summed E-state index contributed by atoms with van der Waals surface area (Å²) >= 11 is 4.97. The number of hydrogen-bond donors (Lipinski definition) is 2. The number of nitrogens with zero attached hydrogens (tertiary/aromatic N) is 3. The van der Waals surface area contributed by atoms with Gasteiger partial charge in [-0.2, -0.15) is 5.10 Å². The molecule has 0 aliphatic heterocycles. The first-order valence-corrected chi connectivity index (χ1v) is 7.88. The number of oxime groups is 1. The van der Waals surface area contributed by atoms with Gasteiger partial charge in [0.05, 0.1) is 0 Å². The fourth-order valence-electron chi connectivity index (χ4n) is 2.22. The Morgan fingerprint density at radius 1 is 1.08 bits per heavy atom. The van der Waals surface area contributed by atoms with Crippen molar-refractivity contribution < 1.29 is 4.84 Å². The van der Waals surface area contributed by atoms with Crippen LogP contribution >= 0.6 is 12.2 Å². The number of nitrogens with one attached hydrogen (secondary N) is 1. The summed E-state index contributed by atoms with van der Waals surface area (Å²) in [4.78, 5) is 5.50. The van der Waals surface area contributed by atoms with E-state index in [1.807, 2.05) is 60.7 Å². The molecule has 1 heterocycles. The molecule has 0 aliphatic carbocycles. The molecule has 3 aromatic rings. The van der Waals surface area contributed by atoms with E-state index in [2.05, 4.69) is 15.4 Å². The lowest BCUT2D eigenvalue weighted by atomic mass is 10.0. The van der Waals surface area contributed by atoms with Gasteiger partial charge in [-0.3, -0.25) is 5.10 Å². The highest BCUT2D eigenvalue weighted by Crippen LogP contribution is 2.11. The van der Waals surface area contributed by atoms with Gasteiger partial charge in [-0.25, -0.2) is 4.68 Å². The summed E-state index contributed by atoms with van der Waals surface area (Å²) in [6.45, 7) is 0.347. The number of hydrogen-bond acceptors (Lipinski definition) is 5. The monoisotopic (exact) mass is 339 g/mol. The Bertz CT molecular complexity index is 829. The van der Waals surface area contributed by atoms with Crippen LogP contribution in [0.2, 0.25) is 0 Å². The van der Waals surface area contributed by atoms with Crippen molar-refractivity contribution >= 4 is 17.9 Å². The second-order valence-corrected chi connectivity index (χ2v) is 5.46. The molecule has 0 amide bonds. The summed E-state index contributed by atoms with van der Waals surface area (Å²) < 4.78 is 1.71. The molecule has 0 saturated heterocycles. The number of nitrogen functional groups attached to an aromatic ring is 1. The molecule has 122 valence electrons. The van der Waals surface area contributed by atoms with E-state index in [4.69, 9.17) is 22.9 Å². The maximum absolute atomic E-state index is 5.75. The number of aromatic amines is 1. The van der Waals surface area contributed by atoms with E-state index < -0.39 is 0 Å². The van der Waals surface area contributed by atoms with Gasteiger partial charge in [0.25, 0.3) is 0 Å². The molecule has 0 atom stereocenters. The SMILES string of the molecule is Nn1c(CCON=C(c2ccccc2)c2ccccc2)n[nH]c1=S. The van der Waals surface area contributed by atoms with Crippen molar-refractivity contribution in [2.45, 2.75) is 6.42 Å². The summed E-state index contributed by atoms with van der Waals surface area (Å²) in [5.41, 5.74) is 2.76. The van der Waals surface area contributed by atoms with Crippen LogP contribution in [0.25, 0.3) is 0 Å². The molecular weight excluding hydrogens is 322 g/mol. The van der Waals surface area contributed by atoms with Crippen LogP contribution < -0.4 is 5.84 Å². The zero-order chi connectivity index (χ0) is 16.8. The first-order valence-electron chi connectivity index (χ1n) is 7.48. The van der Waals surface area contributed by atoms with Crippen molar-refractivity contribution in [3.8, 4) is 0 Å².